The van der Waals surface area contributed by atoms with Crippen molar-refractivity contribution in [2.24, 2.45) is 0 Å². The van der Waals surface area contributed by atoms with Crippen LogP contribution in [0.5, 0.6) is 0 Å². The van der Waals surface area contributed by atoms with Gasteiger partial charge in [-0.25, -0.2) is 0 Å². The molecule has 4 atom stereocenters. The second-order valence-corrected chi connectivity index (χ2v) is 7.19. The molecule has 1 aromatic rings. The molecule has 0 nitrogen and oxygen atoms in total. The molecule has 0 amide bonds. The van der Waals surface area contributed by atoms with Gasteiger partial charge in [0.05, 0.1) is 0 Å². The number of rotatable bonds is 1. The highest BCUT2D eigenvalue weighted by atomic mass is 31.1. The third-order valence-electron chi connectivity index (χ3n) is 4.43. The second-order valence-electron chi connectivity index (χ2n) is 5.30. The average Bonchev–Trinajstić information content (AvgIpc) is 2.38. The van der Waals surface area contributed by atoms with Crippen LogP contribution >= 0.6 is 8.58 Å². The van der Waals surface area contributed by atoms with Gasteiger partial charge in [0.15, 0.2) is 0 Å². The molecule has 1 heteroatoms. The van der Waals surface area contributed by atoms with Crippen molar-refractivity contribution in [3.63, 3.8) is 0 Å². The summed E-state index contributed by atoms with van der Waals surface area (Å²) in [5.74, 6) is 0.908. The van der Waals surface area contributed by atoms with Crippen LogP contribution in [0, 0.1) is 0 Å². The minimum absolute atomic E-state index is 0.908. The Balaban J connectivity index is 1.86. The summed E-state index contributed by atoms with van der Waals surface area (Å²) >= 11 is 0. The summed E-state index contributed by atoms with van der Waals surface area (Å²) in [4.78, 5) is 0. The maximum atomic E-state index is 2.39. The van der Waals surface area contributed by atoms with Crippen molar-refractivity contribution >= 4 is 8.58 Å². The Hall–Kier alpha value is -0.350. The largest absolute Gasteiger partial charge is 0.115 e. The van der Waals surface area contributed by atoms with Crippen molar-refractivity contribution in [2.75, 3.05) is 0 Å². The van der Waals surface area contributed by atoms with Crippen LogP contribution in [0.25, 0.3) is 0 Å². The molecule has 1 aliphatic heterocycles. The van der Waals surface area contributed by atoms with E-state index in [0.29, 0.717) is 0 Å². The number of hydrogen-bond acceptors (Lipinski definition) is 0. The predicted molar refractivity (Wildman–Crippen MR) is 72.9 cm³/mol. The van der Waals surface area contributed by atoms with Crippen molar-refractivity contribution in [1.29, 1.82) is 0 Å². The maximum absolute atomic E-state index is 2.39. The summed E-state index contributed by atoms with van der Waals surface area (Å²) in [6.07, 6.45) is 7.12. The molecule has 1 aromatic carbocycles. The Morgan fingerprint density at radius 3 is 2.94 bits per heavy atom. The molecule has 0 saturated carbocycles. The lowest BCUT2D eigenvalue weighted by Crippen LogP contribution is -2.28. The molecular weight excluding hydrogens is 211 g/mol. The van der Waals surface area contributed by atoms with E-state index in [0.717, 1.165) is 17.2 Å². The highest BCUT2D eigenvalue weighted by Crippen LogP contribution is 2.51. The van der Waals surface area contributed by atoms with Gasteiger partial charge >= 0.3 is 0 Å². The number of aryl methyl sites for hydroxylation is 1. The molecule has 86 valence electrons. The lowest BCUT2D eigenvalue weighted by molar-refractivity contribution is 0.478. The third kappa shape index (κ3) is 1.82. The molecule has 2 aliphatic rings. The van der Waals surface area contributed by atoms with Crippen molar-refractivity contribution in [2.45, 2.75) is 56.3 Å². The van der Waals surface area contributed by atoms with Crippen LogP contribution in [0.15, 0.2) is 24.3 Å². The zero-order valence-electron chi connectivity index (χ0n) is 10.1. The van der Waals surface area contributed by atoms with Gasteiger partial charge in [0, 0.05) is 0 Å². The fourth-order valence-electron chi connectivity index (χ4n) is 3.50. The van der Waals surface area contributed by atoms with Crippen LogP contribution in [0.4, 0.5) is 0 Å². The molecule has 0 spiro atoms. The van der Waals surface area contributed by atoms with E-state index in [2.05, 4.69) is 31.2 Å². The maximum Gasteiger partial charge on any atom is -0.00935 e. The van der Waals surface area contributed by atoms with Crippen LogP contribution < -0.4 is 0 Å². The van der Waals surface area contributed by atoms with E-state index >= 15 is 0 Å². The molecule has 0 N–H and O–H groups in total. The van der Waals surface area contributed by atoms with Crippen LogP contribution in [-0.2, 0) is 6.42 Å². The van der Waals surface area contributed by atoms with E-state index < -0.39 is 0 Å². The normalized spacial score (nSPS) is 34.4. The summed E-state index contributed by atoms with van der Waals surface area (Å²) in [6, 6.07) is 9.18. The summed E-state index contributed by atoms with van der Waals surface area (Å²) in [5, 5.41) is 0. The Morgan fingerprint density at radius 1 is 1.19 bits per heavy atom. The number of fused-ring (bicyclic) bond motifs is 3. The van der Waals surface area contributed by atoms with E-state index in [1.165, 1.54) is 40.7 Å². The topological polar surface area (TPSA) is 0 Å². The lowest BCUT2D eigenvalue weighted by atomic mass is 9.79. The number of benzene rings is 1. The minimum atomic E-state index is 0.908. The van der Waals surface area contributed by atoms with Crippen molar-refractivity contribution in [1.82, 2.24) is 0 Å². The second kappa shape index (κ2) is 4.49. The minimum Gasteiger partial charge on any atom is -0.115 e. The lowest BCUT2D eigenvalue weighted by Gasteiger charge is -2.40. The van der Waals surface area contributed by atoms with Gasteiger partial charge in [0.1, 0.15) is 0 Å². The first-order chi connectivity index (χ1) is 7.88. The summed E-state index contributed by atoms with van der Waals surface area (Å²) in [6.45, 7) is 2.37. The smallest absolute Gasteiger partial charge is 0.00935 e. The molecule has 16 heavy (non-hydrogen) atoms. The molecule has 0 radical (unpaired) electrons. The quantitative estimate of drug-likeness (QED) is 0.632. The standard InChI is InChI=1S/C15H21P/c1-2-12-8-9-14-13-6-4-3-5-11(13)7-10-15(14)16-12/h3-6,12,14-16H,2,7-10H2,1H3. The van der Waals surface area contributed by atoms with Gasteiger partial charge in [-0.1, -0.05) is 31.2 Å². The zero-order valence-corrected chi connectivity index (χ0v) is 11.1. The molecule has 3 rings (SSSR count). The van der Waals surface area contributed by atoms with E-state index in [1.807, 2.05) is 0 Å². The fourth-order valence-corrected chi connectivity index (χ4v) is 5.56. The zero-order chi connectivity index (χ0) is 11.0. The van der Waals surface area contributed by atoms with Gasteiger partial charge in [0.2, 0.25) is 0 Å². The van der Waals surface area contributed by atoms with Crippen molar-refractivity contribution < 1.29 is 0 Å². The Bertz CT molecular complexity index is 371. The van der Waals surface area contributed by atoms with E-state index in [1.54, 1.807) is 11.1 Å². The first-order valence-corrected chi connectivity index (χ1v) is 7.88. The van der Waals surface area contributed by atoms with Crippen molar-refractivity contribution in [3.8, 4) is 0 Å². The van der Waals surface area contributed by atoms with Gasteiger partial charge < -0.3 is 0 Å². The van der Waals surface area contributed by atoms with Crippen molar-refractivity contribution in [3.05, 3.63) is 35.4 Å². The fraction of sp³-hybridized carbons (Fsp3) is 0.600. The van der Waals surface area contributed by atoms with Gasteiger partial charge in [-0.05, 0) is 60.5 Å². The van der Waals surface area contributed by atoms with E-state index in [-0.39, 0.29) is 0 Å². The monoisotopic (exact) mass is 232 g/mol. The van der Waals surface area contributed by atoms with Crippen LogP contribution in [-0.4, -0.2) is 11.3 Å². The molecule has 1 saturated heterocycles. The molecular formula is C15H21P. The molecule has 0 aromatic heterocycles. The summed E-state index contributed by atoms with van der Waals surface area (Å²) in [7, 11) is 1.23. The number of hydrogen-bond donors (Lipinski definition) is 0. The van der Waals surface area contributed by atoms with E-state index in [4.69, 9.17) is 0 Å². The highest BCUT2D eigenvalue weighted by Gasteiger charge is 2.34. The summed E-state index contributed by atoms with van der Waals surface area (Å²) in [5.41, 5.74) is 5.41. The first kappa shape index (κ1) is 10.8. The predicted octanol–water partition coefficient (Wildman–Crippen LogP) is 4.34. The van der Waals surface area contributed by atoms with Gasteiger partial charge in [-0.15, -0.1) is 8.58 Å². The Morgan fingerprint density at radius 2 is 2.06 bits per heavy atom. The van der Waals surface area contributed by atoms with Crippen LogP contribution in [0.2, 0.25) is 0 Å². The molecule has 4 unspecified atom stereocenters. The van der Waals surface area contributed by atoms with Crippen LogP contribution in [0.3, 0.4) is 0 Å². The molecule has 1 heterocycles. The van der Waals surface area contributed by atoms with Gasteiger partial charge in [0.25, 0.3) is 0 Å². The van der Waals surface area contributed by atoms with Crippen LogP contribution in [0.1, 0.15) is 49.7 Å². The van der Waals surface area contributed by atoms with Gasteiger partial charge in [-0.3, -0.25) is 0 Å². The Kier molecular flexibility index (Phi) is 3.03. The average molecular weight is 232 g/mol. The molecule has 0 bridgehead atoms. The first-order valence-electron chi connectivity index (χ1n) is 6.72. The third-order valence-corrected chi connectivity index (χ3v) is 6.72. The van der Waals surface area contributed by atoms with Gasteiger partial charge in [-0.2, -0.15) is 0 Å². The Labute approximate surface area is 101 Å². The highest BCUT2D eigenvalue weighted by molar-refractivity contribution is 7.40. The SMILES string of the molecule is CCC1CCC2c3ccccc3CCC2P1. The molecule has 1 fully saturated rings. The summed E-state index contributed by atoms with van der Waals surface area (Å²) < 4.78 is 0. The van der Waals surface area contributed by atoms with E-state index in [9.17, 15) is 0 Å². The molecule has 1 aliphatic carbocycles.